The number of nitrogens with zero attached hydrogens (tertiary/aromatic N) is 1. The minimum Gasteiger partial charge on any atom is -0.462 e. The number of rotatable bonds is 4. The highest BCUT2D eigenvalue weighted by Gasteiger charge is 2.12. The third-order valence-corrected chi connectivity index (χ3v) is 3.14. The molecule has 0 saturated heterocycles. The molecule has 5 heteroatoms. The molecule has 2 aromatic rings. The van der Waals surface area contributed by atoms with Crippen molar-refractivity contribution in [2.45, 2.75) is 6.92 Å². The first-order valence-electron chi connectivity index (χ1n) is 6.97. The average molecular weight is 297 g/mol. The molecule has 1 aliphatic heterocycles. The van der Waals surface area contributed by atoms with E-state index in [2.05, 4.69) is 4.99 Å². The van der Waals surface area contributed by atoms with Gasteiger partial charge in [0.2, 0.25) is 6.79 Å². The Balaban J connectivity index is 1.71. The second kappa shape index (κ2) is 6.30. The Labute approximate surface area is 128 Å². The SMILES string of the molecule is CCOC(=O)c1ccc(N=Cc2ccc3c(c2)OCO3)cc1. The van der Waals surface area contributed by atoms with Crippen LogP contribution in [0.3, 0.4) is 0 Å². The van der Waals surface area contributed by atoms with Crippen molar-refractivity contribution < 1.29 is 19.0 Å². The van der Waals surface area contributed by atoms with E-state index in [4.69, 9.17) is 14.2 Å². The molecule has 0 unspecified atom stereocenters. The highest BCUT2D eigenvalue weighted by Crippen LogP contribution is 2.32. The van der Waals surface area contributed by atoms with E-state index in [1.54, 1.807) is 37.4 Å². The number of aliphatic imine (C=N–C) groups is 1. The molecule has 0 fully saturated rings. The summed E-state index contributed by atoms with van der Waals surface area (Å²) >= 11 is 0. The van der Waals surface area contributed by atoms with Crippen LogP contribution in [0.4, 0.5) is 5.69 Å². The van der Waals surface area contributed by atoms with Gasteiger partial charge in [0.1, 0.15) is 0 Å². The van der Waals surface area contributed by atoms with E-state index in [9.17, 15) is 4.79 Å². The normalized spacial score (nSPS) is 12.6. The standard InChI is InChI=1S/C17H15NO4/c1-2-20-17(19)13-4-6-14(7-5-13)18-10-12-3-8-15-16(9-12)22-11-21-15/h3-10H,2,11H2,1H3. The van der Waals surface area contributed by atoms with Crippen LogP contribution in [0.25, 0.3) is 0 Å². The van der Waals surface area contributed by atoms with E-state index < -0.39 is 0 Å². The van der Waals surface area contributed by atoms with Crippen LogP contribution in [0.15, 0.2) is 47.5 Å². The fourth-order valence-corrected chi connectivity index (χ4v) is 2.04. The maximum absolute atomic E-state index is 11.6. The van der Waals surface area contributed by atoms with Crippen molar-refractivity contribution >= 4 is 17.9 Å². The molecule has 0 spiro atoms. The molecule has 0 aliphatic carbocycles. The van der Waals surface area contributed by atoms with Crippen molar-refractivity contribution in [3.05, 3.63) is 53.6 Å². The maximum atomic E-state index is 11.6. The van der Waals surface area contributed by atoms with Gasteiger partial charge in [-0.25, -0.2) is 4.79 Å². The molecule has 0 bridgehead atoms. The Morgan fingerprint density at radius 2 is 1.95 bits per heavy atom. The fourth-order valence-electron chi connectivity index (χ4n) is 2.04. The van der Waals surface area contributed by atoms with Crippen LogP contribution in [0, 0.1) is 0 Å². The monoisotopic (exact) mass is 297 g/mol. The molecule has 0 radical (unpaired) electrons. The quantitative estimate of drug-likeness (QED) is 0.641. The van der Waals surface area contributed by atoms with Crippen LogP contribution in [0.5, 0.6) is 11.5 Å². The lowest BCUT2D eigenvalue weighted by atomic mass is 10.2. The third kappa shape index (κ3) is 3.09. The molecule has 0 amide bonds. The zero-order valence-electron chi connectivity index (χ0n) is 12.1. The summed E-state index contributed by atoms with van der Waals surface area (Å²) in [7, 11) is 0. The summed E-state index contributed by atoms with van der Waals surface area (Å²) in [6.45, 7) is 2.40. The molecule has 0 aromatic heterocycles. The first kappa shape index (κ1) is 14.1. The third-order valence-electron chi connectivity index (χ3n) is 3.14. The van der Waals surface area contributed by atoms with E-state index in [-0.39, 0.29) is 12.8 Å². The fraction of sp³-hybridized carbons (Fsp3) is 0.176. The zero-order valence-corrected chi connectivity index (χ0v) is 12.1. The van der Waals surface area contributed by atoms with Gasteiger partial charge in [-0.1, -0.05) is 0 Å². The molecule has 1 aliphatic rings. The van der Waals surface area contributed by atoms with E-state index in [1.807, 2.05) is 18.2 Å². The van der Waals surface area contributed by atoms with Gasteiger partial charge in [0, 0.05) is 6.21 Å². The van der Waals surface area contributed by atoms with Crippen LogP contribution >= 0.6 is 0 Å². The van der Waals surface area contributed by atoms with Crippen molar-refractivity contribution in [1.82, 2.24) is 0 Å². The van der Waals surface area contributed by atoms with Crippen LogP contribution in [-0.2, 0) is 4.74 Å². The van der Waals surface area contributed by atoms with Crippen molar-refractivity contribution in [3.8, 4) is 11.5 Å². The van der Waals surface area contributed by atoms with Crippen LogP contribution < -0.4 is 9.47 Å². The van der Waals surface area contributed by atoms with Gasteiger partial charge < -0.3 is 14.2 Å². The second-order valence-corrected chi connectivity index (χ2v) is 4.64. The lowest BCUT2D eigenvalue weighted by Crippen LogP contribution is -2.03. The lowest BCUT2D eigenvalue weighted by Gasteiger charge is -2.01. The minimum atomic E-state index is -0.325. The number of fused-ring (bicyclic) bond motifs is 1. The van der Waals surface area contributed by atoms with Gasteiger partial charge in [0.15, 0.2) is 11.5 Å². The Bertz CT molecular complexity index is 707. The molecule has 2 aromatic carbocycles. The molecule has 0 atom stereocenters. The van der Waals surface area contributed by atoms with E-state index in [0.29, 0.717) is 12.2 Å². The number of hydrogen-bond donors (Lipinski definition) is 0. The van der Waals surface area contributed by atoms with Crippen molar-refractivity contribution in [3.63, 3.8) is 0 Å². The summed E-state index contributed by atoms with van der Waals surface area (Å²) in [4.78, 5) is 15.9. The molecule has 112 valence electrons. The second-order valence-electron chi connectivity index (χ2n) is 4.64. The molecule has 3 rings (SSSR count). The summed E-state index contributed by atoms with van der Waals surface area (Å²) in [6, 6.07) is 12.6. The van der Waals surface area contributed by atoms with Crippen molar-refractivity contribution in [1.29, 1.82) is 0 Å². The van der Waals surface area contributed by atoms with E-state index >= 15 is 0 Å². The number of ether oxygens (including phenoxy) is 3. The zero-order chi connectivity index (χ0) is 15.4. The summed E-state index contributed by atoms with van der Waals surface area (Å²) in [5.41, 5.74) is 2.19. The van der Waals surface area contributed by atoms with Gasteiger partial charge in [-0.2, -0.15) is 0 Å². The minimum absolute atomic E-state index is 0.255. The number of benzene rings is 2. The van der Waals surface area contributed by atoms with Crippen molar-refractivity contribution in [2.75, 3.05) is 13.4 Å². The smallest absolute Gasteiger partial charge is 0.338 e. The first-order chi connectivity index (χ1) is 10.8. The largest absolute Gasteiger partial charge is 0.462 e. The first-order valence-corrected chi connectivity index (χ1v) is 6.97. The lowest BCUT2D eigenvalue weighted by molar-refractivity contribution is 0.0526. The number of hydrogen-bond acceptors (Lipinski definition) is 5. The maximum Gasteiger partial charge on any atom is 0.338 e. The van der Waals surface area contributed by atoms with Gasteiger partial charge >= 0.3 is 5.97 Å². The van der Waals surface area contributed by atoms with Gasteiger partial charge in [-0.15, -0.1) is 0 Å². The van der Waals surface area contributed by atoms with Gasteiger partial charge in [0.05, 0.1) is 17.9 Å². The molecule has 5 nitrogen and oxygen atoms in total. The van der Waals surface area contributed by atoms with Crippen molar-refractivity contribution in [2.24, 2.45) is 4.99 Å². The predicted molar refractivity (Wildman–Crippen MR) is 82.2 cm³/mol. The molecule has 22 heavy (non-hydrogen) atoms. The van der Waals surface area contributed by atoms with Gasteiger partial charge in [-0.05, 0) is 55.0 Å². The van der Waals surface area contributed by atoms with Gasteiger partial charge in [0.25, 0.3) is 0 Å². The molecule has 1 heterocycles. The molecular weight excluding hydrogens is 282 g/mol. The molecule has 0 N–H and O–H groups in total. The summed E-state index contributed by atoms with van der Waals surface area (Å²) in [5, 5.41) is 0. The number of carbonyl (C=O) groups excluding carboxylic acids is 1. The summed E-state index contributed by atoms with van der Waals surface area (Å²) in [5.74, 6) is 1.14. The number of esters is 1. The Morgan fingerprint density at radius 1 is 1.18 bits per heavy atom. The summed E-state index contributed by atoms with van der Waals surface area (Å²) < 4.78 is 15.5. The Hall–Kier alpha value is -2.82. The molecule has 0 saturated carbocycles. The molecular formula is C17H15NO4. The van der Waals surface area contributed by atoms with E-state index in [1.165, 1.54) is 0 Å². The average Bonchev–Trinajstić information content (AvgIpc) is 3.01. The number of carbonyl (C=O) groups is 1. The van der Waals surface area contributed by atoms with Gasteiger partial charge in [-0.3, -0.25) is 4.99 Å². The highest BCUT2D eigenvalue weighted by atomic mass is 16.7. The highest BCUT2D eigenvalue weighted by molar-refractivity contribution is 5.90. The van der Waals surface area contributed by atoms with Crippen LogP contribution in [0.1, 0.15) is 22.8 Å². The van der Waals surface area contributed by atoms with Crippen LogP contribution in [0.2, 0.25) is 0 Å². The topological polar surface area (TPSA) is 57.1 Å². The Morgan fingerprint density at radius 3 is 2.73 bits per heavy atom. The Kier molecular flexibility index (Phi) is 4.05. The predicted octanol–water partition coefficient (Wildman–Crippen LogP) is 3.34. The van der Waals surface area contributed by atoms with Crippen LogP contribution in [-0.4, -0.2) is 25.6 Å². The van der Waals surface area contributed by atoms with E-state index in [0.717, 1.165) is 22.7 Å². The summed E-state index contributed by atoms with van der Waals surface area (Å²) in [6.07, 6.45) is 1.74.